The zero-order valence-corrected chi connectivity index (χ0v) is 15.6. The number of rotatable bonds is 3. The van der Waals surface area contributed by atoms with E-state index >= 15 is 0 Å². The van der Waals surface area contributed by atoms with Crippen molar-refractivity contribution in [1.29, 1.82) is 0 Å². The van der Waals surface area contributed by atoms with Crippen LogP contribution in [0.15, 0.2) is 57.9 Å². The molecule has 2 aliphatic heterocycles. The van der Waals surface area contributed by atoms with Gasteiger partial charge in [-0.1, -0.05) is 36.4 Å². The highest BCUT2D eigenvalue weighted by atomic mass is 79.9. The highest BCUT2D eigenvalue weighted by Gasteiger charge is 2.40. The van der Waals surface area contributed by atoms with Crippen molar-refractivity contribution < 1.29 is 8.42 Å². The normalized spacial score (nSPS) is 19.7. The number of benzene rings is 2. The van der Waals surface area contributed by atoms with Crippen LogP contribution in [0.25, 0.3) is 0 Å². The van der Waals surface area contributed by atoms with Crippen LogP contribution in [-0.4, -0.2) is 43.3 Å². The third-order valence-corrected chi connectivity index (χ3v) is 7.80. The Kier molecular flexibility index (Phi) is 4.24. The Bertz CT molecular complexity index is 863. The predicted octanol–water partition coefficient (Wildman–Crippen LogP) is 2.88. The Morgan fingerprint density at radius 3 is 2.38 bits per heavy atom. The summed E-state index contributed by atoms with van der Waals surface area (Å²) in [6.07, 6.45) is 1.05. The fourth-order valence-corrected chi connectivity index (χ4v) is 5.94. The highest BCUT2D eigenvalue weighted by molar-refractivity contribution is 9.10. The monoisotopic (exact) mass is 406 g/mol. The number of halogens is 1. The van der Waals surface area contributed by atoms with Crippen LogP contribution in [0.3, 0.4) is 0 Å². The van der Waals surface area contributed by atoms with Gasteiger partial charge in [-0.3, -0.25) is 4.90 Å². The Balaban J connectivity index is 1.45. The lowest BCUT2D eigenvalue weighted by Crippen LogP contribution is -2.61. The molecule has 2 aliphatic rings. The molecule has 0 bridgehead atoms. The SMILES string of the molecule is O=S(=O)(c1ccccc1Br)N1CC(N2CCc3ccccc3C2)C1. The van der Waals surface area contributed by atoms with Gasteiger partial charge in [0.1, 0.15) is 0 Å². The van der Waals surface area contributed by atoms with Crippen molar-refractivity contribution in [3.05, 3.63) is 64.1 Å². The molecule has 4 rings (SSSR count). The van der Waals surface area contributed by atoms with Gasteiger partial charge >= 0.3 is 0 Å². The van der Waals surface area contributed by atoms with E-state index in [1.165, 1.54) is 11.1 Å². The average Bonchev–Trinajstić information content (AvgIpc) is 2.53. The molecule has 0 aliphatic carbocycles. The van der Waals surface area contributed by atoms with Crippen molar-refractivity contribution in [1.82, 2.24) is 9.21 Å². The van der Waals surface area contributed by atoms with Crippen LogP contribution in [0.1, 0.15) is 11.1 Å². The summed E-state index contributed by atoms with van der Waals surface area (Å²) in [7, 11) is -3.41. The van der Waals surface area contributed by atoms with Crippen molar-refractivity contribution in [3.63, 3.8) is 0 Å². The number of fused-ring (bicyclic) bond motifs is 1. The molecule has 0 atom stereocenters. The van der Waals surface area contributed by atoms with Crippen LogP contribution in [0.5, 0.6) is 0 Å². The van der Waals surface area contributed by atoms with Crippen molar-refractivity contribution >= 4 is 26.0 Å². The van der Waals surface area contributed by atoms with E-state index in [0.717, 1.165) is 19.5 Å². The smallest absolute Gasteiger partial charge is 0.244 e. The van der Waals surface area contributed by atoms with Gasteiger partial charge in [-0.25, -0.2) is 8.42 Å². The first-order valence-electron chi connectivity index (χ1n) is 8.11. The maximum Gasteiger partial charge on any atom is 0.244 e. The molecule has 4 nitrogen and oxygen atoms in total. The average molecular weight is 407 g/mol. The molecule has 126 valence electrons. The molecule has 0 aromatic heterocycles. The standard InChI is InChI=1S/C18H19BrN2O2S/c19-17-7-3-4-8-18(17)24(22,23)21-12-16(13-21)20-10-9-14-5-1-2-6-15(14)11-20/h1-8,16H,9-13H2. The minimum Gasteiger partial charge on any atom is -0.293 e. The number of hydrogen-bond donors (Lipinski definition) is 0. The molecule has 0 radical (unpaired) electrons. The van der Waals surface area contributed by atoms with Crippen LogP contribution in [-0.2, 0) is 23.0 Å². The minimum atomic E-state index is -3.41. The predicted molar refractivity (Wildman–Crippen MR) is 97.2 cm³/mol. The lowest BCUT2D eigenvalue weighted by Gasteiger charge is -2.46. The quantitative estimate of drug-likeness (QED) is 0.786. The van der Waals surface area contributed by atoms with E-state index in [2.05, 4.69) is 45.1 Å². The molecule has 1 saturated heterocycles. The second-order valence-electron chi connectivity index (χ2n) is 6.40. The van der Waals surface area contributed by atoms with Crippen molar-refractivity contribution in [3.8, 4) is 0 Å². The summed E-state index contributed by atoms with van der Waals surface area (Å²) >= 11 is 3.35. The minimum absolute atomic E-state index is 0.315. The van der Waals surface area contributed by atoms with Crippen molar-refractivity contribution in [2.45, 2.75) is 23.9 Å². The first-order chi connectivity index (χ1) is 11.6. The highest BCUT2D eigenvalue weighted by Crippen LogP contribution is 2.30. The summed E-state index contributed by atoms with van der Waals surface area (Å²) < 4.78 is 27.7. The summed E-state index contributed by atoms with van der Waals surface area (Å²) in [4.78, 5) is 2.77. The summed E-state index contributed by atoms with van der Waals surface area (Å²) in [6.45, 7) is 3.08. The molecule has 6 heteroatoms. The molecule has 0 spiro atoms. The van der Waals surface area contributed by atoms with Crippen LogP contribution < -0.4 is 0 Å². The van der Waals surface area contributed by atoms with Gasteiger partial charge in [0.25, 0.3) is 0 Å². The number of nitrogens with zero attached hydrogens (tertiary/aromatic N) is 2. The summed E-state index contributed by atoms with van der Waals surface area (Å²) in [5.41, 5.74) is 2.79. The summed E-state index contributed by atoms with van der Waals surface area (Å²) in [5, 5.41) is 0. The van der Waals surface area contributed by atoms with E-state index < -0.39 is 10.0 Å². The molecule has 0 N–H and O–H groups in total. The molecule has 1 fully saturated rings. The Morgan fingerprint density at radius 2 is 1.62 bits per heavy atom. The third kappa shape index (κ3) is 2.81. The van der Waals surface area contributed by atoms with Gasteiger partial charge in [0.15, 0.2) is 0 Å². The molecule has 2 aromatic carbocycles. The van der Waals surface area contributed by atoms with E-state index in [9.17, 15) is 8.42 Å². The van der Waals surface area contributed by atoms with E-state index in [0.29, 0.717) is 28.5 Å². The summed E-state index contributed by atoms with van der Waals surface area (Å²) in [6, 6.07) is 15.9. The first kappa shape index (κ1) is 16.3. The number of hydrogen-bond acceptors (Lipinski definition) is 3. The van der Waals surface area contributed by atoms with Crippen LogP contribution in [0.2, 0.25) is 0 Å². The first-order valence-corrected chi connectivity index (χ1v) is 10.3. The second-order valence-corrected chi connectivity index (χ2v) is 9.16. The number of sulfonamides is 1. The topological polar surface area (TPSA) is 40.6 Å². The molecular formula is C18H19BrN2O2S. The van der Waals surface area contributed by atoms with E-state index in [1.54, 1.807) is 22.5 Å². The molecule has 2 aromatic rings. The van der Waals surface area contributed by atoms with Gasteiger partial charge in [0.2, 0.25) is 10.0 Å². The maximum absolute atomic E-state index is 12.7. The zero-order chi connectivity index (χ0) is 16.7. The Hall–Kier alpha value is -1.21. The van der Waals surface area contributed by atoms with Gasteiger partial charge in [-0.05, 0) is 45.6 Å². The fourth-order valence-electron chi connectivity index (χ4n) is 3.47. The summed E-state index contributed by atoms with van der Waals surface area (Å²) in [5.74, 6) is 0. The second kappa shape index (κ2) is 6.26. The van der Waals surface area contributed by atoms with Crippen molar-refractivity contribution in [2.24, 2.45) is 0 Å². The van der Waals surface area contributed by atoms with Gasteiger partial charge < -0.3 is 0 Å². The largest absolute Gasteiger partial charge is 0.293 e. The lowest BCUT2D eigenvalue weighted by molar-refractivity contribution is 0.0768. The van der Waals surface area contributed by atoms with Crippen LogP contribution >= 0.6 is 15.9 Å². The Morgan fingerprint density at radius 1 is 0.958 bits per heavy atom. The molecule has 0 unspecified atom stereocenters. The zero-order valence-electron chi connectivity index (χ0n) is 13.2. The molecular weight excluding hydrogens is 388 g/mol. The molecule has 24 heavy (non-hydrogen) atoms. The van der Waals surface area contributed by atoms with Gasteiger partial charge in [-0.15, -0.1) is 0 Å². The molecule has 0 amide bonds. The van der Waals surface area contributed by atoms with Gasteiger partial charge in [0.05, 0.1) is 4.90 Å². The third-order valence-electron chi connectivity index (χ3n) is 4.96. The molecule has 0 saturated carbocycles. The Labute approximate surface area is 151 Å². The van der Waals surface area contributed by atoms with E-state index in [-0.39, 0.29) is 0 Å². The van der Waals surface area contributed by atoms with Gasteiger partial charge in [0, 0.05) is 36.7 Å². The van der Waals surface area contributed by atoms with Crippen LogP contribution in [0.4, 0.5) is 0 Å². The molecule has 2 heterocycles. The van der Waals surface area contributed by atoms with Gasteiger partial charge in [-0.2, -0.15) is 4.31 Å². The maximum atomic E-state index is 12.7. The fraction of sp³-hybridized carbons (Fsp3) is 0.333. The van der Waals surface area contributed by atoms with E-state index in [1.807, 2.05) is 6.07 Å². The lowest BCUT2D eigenvalue weighted by atomic mass is 9.97. The van der Waals surface area contributed by atoms with Crippen LogP contribution in [0, 0.1) is 0 Å². The van der Waals surface area contributed by atoms with Crippen molar-refractivity contribution in [2.75, 3.05) is 19.6 Å². The van der Waals surface area contributed by atoms with E-state index in [4.69, 9.17) is 0 Å².